The average molecular weight is 193 g/mol. The van der Waals surface area contributed by atoms with Gasteiger partial charge in [0, 0.05) is 32.0 Å². The Morgan fingerprint density at radius 2 is 2.07 bits per heavy atom. The minimum Gasteiger partial charge on any atom is -0.300 e. The molecule has 2 heteroatoms. The van der Waals surface area contributed by atoms with Crippen LogP contribution >= 0.6 is 0 Å². The highest BCUT2D eigenvalue weighted by molar-refractivity contribution is 5.80. The minimum absolute atomic E-state index is 0.501. The molecule has 0 aromatic heterocycles. The van der Waals surface area contributed by atoms with Crippen molar-refractivity contribution >= 4 is 5.78 Å². The molecular formula is C12H19NO. The normalized spacial score (nSPS) is 36.6. The third kappa shape index (κ3) is 1.31. The van der Waals surface area contributed by atoms with E-state index in [1.54, 1.807) is 0 Å². The molecular weight excluding hydrogens is 174 g/mol. The van der Waals surface area contributed by atoms with E-state index in [2.05, 4.69) is 4.90 Å². The van der Waals surface area contributed by atoms with Gasteiger partial charge in [0.15, 0.2) is 0 Å². The molecule has 1 spiro atoms. The zero-order valence-corrected chi connectivity index (χ0v) is 8.80. The number of piperidine rings is 1. The van der Waals surface area contributed by atoms with Crippen molar-refractivity contribution in [3.8, 4) is 0 Å². The molecule has 2 saturated heterocycles. The van der Waals surface area contributed by atoms with Crippen molar-refractivity contribution in [3.63, 3.8) is 0 Å². The SMILES string of the molecule is O=C1CCN2CC3(CCCC3)C[C@H]2C1. The summed E-state index contributed by atoms with van der Waals surface area (Å²) in [5.41, 5.74) is 0.634. The van der Waals surface area contributed by atoms with E-state index < -0.39 is 0 Å². The van der Waals surface area contributed by atoms with Crippen LogP contribution in [0.1, 0.15) is 44.9 Å². The third-order valence-corrected chi connectivity index (χ3v) is 4.53. The van der Waals surface area contributed by atoms with Crippen LogP contribution in [0.25, 0.3) is 0 Å². The molecule has 0 amide bonds. The van der Waals surface area contributed by atoms with Gasteiger partial charge in [0.25, 0.3) is 0 Å². The summed E-state index contributed by atoms with van der Waals surface area (Å²) < 4.78 is 0. The number of ketones is 1. The Bertz CT molecular complexity index is 255. The molecule has 0 N–H and O–H groups in total. The fourth-order valence-corrected chi connectivity index (χ4v) is 3.84. The van der Waals surface area contributed by atoms with E-state index in [0.29, 0.717) is 17.2 Å². The van der Waals surface area contributed by atoms with Gasteiger partial charge >= 0.3 is 0 Å². The Hall–Kier alpha value is -0.370. The lowest BCUT2D eigenvalue weighted by molar-refractivity contribution is -0.122. The largest absolute Gasteiger partial charge is 0.300 e. The number of hydrogen-bond donors (Lipinski definition) is 0. The van der Waals surface area contributed by atoms with E-state index in [1.807, 2.05) is 0 Å². The number of hydrogen-bond acceptors (Lipinski definition) is 2. The van der Waals surface area contributed by atoms with Gasteiger partial charge in [-0.2, -0.15) is 0 Å². The zero-order chi connectivity index (χ0) is 9.60. The van der Waals surface area contributed by atoms with Gasteiger partial charge < -0.3 is 0 Å². The standard InChI is InChI=1S/C12H19NO/c14-11-3-6-13-9-12(4-1-2-5-12)8-10(13)7-11/h10H,1-9H2/t10-/m1/s1. The summed E-state index contributed by atoms with van der Waals surface area (Å²) in [6, 6.07) is 0.620. The quantitative estimate of drug-likeness (QED) is 0.586. The summed E-state index contributed by atoms with van der Waals surface area (Å²) in [7, 11) is 0. The molecule has 2 aliphatic heterocycles. The number of Topliss-reactive ketones (excluding diaryl/α,β-unsaturated/α-hetero) is 1. The first kappa shape index (κ1) is 8.90. The van der Waals surface area contributed by atoms with Crippen molar-refractivity contribution in [2.24, 2.45) is 5.41 Å². The molecule has 0 aromatic carbocycles. The van der Waals surface area contributed by atoms with Crippen molar-refractivity contribution < 1.29 is 4.79 Å². The summed E-state index contributed by atoms with van der Waals surface area (Å²) in [5.74, 6) is 0.501. The monoisotopic (exact) mass is 193 g/mol. The molecule has 1 aliphatic carbocycles. The molecule has 3 fully saturated rings. The van der Waals surface area contributed by atoms with E-state index in [9.17, 15) is 4.79 Å². The smallest absolute Gasteiger partial charge is 0.135 e. The minimum atomic E-state index is 0.501. The van der Waals surface area contributed by atoms with E-state index in [-0.39, 0.29) is 0 Å². The van der Waals surface area contributed by atoms with Crippen LogP contribution in [0.2, 0.25) is 0 Å². The maximum atomic E-state index is 11.4. The molecule has 0 radical (unpaired) electrons. The predicted octanol–water partition coefficient (Wildman–Crippen LogP) is 1.98. The van der Waals surface area contributed by atoms with Gasteiger partial charge in [0.1, 0.15) is 5.78 Å². The lowest BCUT2D eigenvalue weighted by atomic mass is 9.83. The molecule has 0 aromatic rings. The molecule has 1 atom stereocenters. The summed E-state index contributed by atoms with van der Waals surface area (Å²) >= 11 is 0. The Kier molecular flexibility index (Phi) is 1.94. The lowest BCUT2D eigenvalue weighted by Gasteiger charge is -2.28. The molecule has 3 rings (SSSR count). The Labute approximate surface area is 85.7 Å². The van der Waals surface area contributed by atoms with E-state index in [4.69, 9.17) is 0 Å². The summed E-state index contributed by atoms with van der Waals surface area (Å²) in [6.45, 7) is 2.34. The first-order chi connectivity index (χ1) is 6.77. The highest BCUT2D eigenvalue weighted by Gasteiger charge is 2.46. The van der Waals surface area contributed by atoms with Crippen LogP contribution in [0, 0.1) is 5.41 Å². The highest BCUT2D eigenvalue weighted by atomic mass is 16.1. The van der Waals surface area contributed by atoms with Gasteiger partial charge in [0.05, 0.1) is 0 Å². The Balaban J connectivity index is 1.75. The van der Waals surface area contributed by atoms with Gasteiger partial charge in [-0.15, -0.1) is 0 Å². The fourth-order valence-electron chi connectivity index (χ4n) is 3.84. The van der Waals surface area contributed by atoms with Crippen LogP contribution in [0.4, 0.5) is 0 Å². The fraction of sp³-hybridized carbons (Fsp3) is 0.917. The average Bonchev–Trinajstić information content (AvgIpc) is 2.72. The maximum absolute atomic E-state index is 11.4. The van der Waals surface area contributed by atoms with Crippen LogP contribution in [-0.2, 0) is 4.79 Å². The van der Waals surface area contributed by atoms with E-state index in [1.165, 1.54) is 38.6 Å². The van der Waals surface area contributed by atoms with E-state index in [0.717, 1.165) is 19.4 Å². The molecule has 0 bridgehead atoms. The maximum Gasteiger partial charge on any atom is 0.135 e. The Morgan fingerprint density at radius 3 is 2.86 bits per heavy atom. The van der Waals surface area contributed by atoms with Crippen molar-refractivity contribution in [3.05, 3.63) is 0 Å². The third-order valence-electron chi connectivity index (χ3n) is 4.53. The van der Waals surface area contributed by atoms with Crippen LogP contribution in [0.3, 0.4) is 0 Å². The number of carbonyl (C=O) groups is 1. The number of rotatable bonds is 0. The highest BCUT2D eigenvalue weighted by Crippen LogP contribution is 2.49. The Morgan fingerprint density at radius 1 is 1.29 bits per heavy atom. The summed E-state index contributed by atoms with van der Waals surface area (Å²) in [4.78, 5) is 14.0. The van der Waals surface area contributed by atoms with Gasteiger partial charge in [-0.25, -0.2) is 0 Å². The van der Waals surface area contributed by atoms with Crippen LogP contribution in [0.5, 0.6) is 0 Å². The van der Waals surface area contributed by atoms with Crippen molar-refractivity contribution in [1.29, 1.82) is 0 Å². The molecule has 2 heterocycles. The molecule has 1 saturated carbocycles. The molecule has 2 nitrogen and oxygen atoms in total. The van der Waals surface area contributed by atoms with Crippen molar-refractivity contribution in [2.45, 2.75) is 51.0 Å². The van der Waals surface area contributed by atoms with Crippen LogP contribution < -0.4 is 0 Å². The number of carbonyl (C=O) groups excluding carboxylic acids is 1. The number of nitrogens with zero attached hydrogens (tertiary/aromatic N) is 1. The van der Waals surface area contributed by atoms with Gasteiger partial charge in [0.2, 0.25) is 0 Å². The lowest BCUT2D eigenvalue weighted by Crippen LogP contribution is -2.38. The predicted molar refractivity (Wildman–Crippen MR) is 55.1 cm³/mol. The first-order valence-corrected chi connectivity index (χ1v) is 6.03. The van der Waals surface area contributed by atoms with Crippen molar-refractivity contribution in [2.75, 3.05) is 13.1 Å². The first-order valence-electron chi connectivity index (χ1n) is 6.03. The second-order valence-electron chi connectivity index (χ2n) is 5.53. The topological polar surface area (TPSA) is 20.3 Å². The second-order valence-corrected chi connectivity index (χ2v) is 5.53. The molecule has 0 unspecified atom stereocenters. The second kappa shape index (κ2) is 3.06. The van der Waals surface area contributed by atoms with Gasteiger partial charge in [-0.05, 0) is 24.7 Å². The van der Waals surface area contributed by atoms with Gasteiger partial charge in [-0.1, -0.05) is 12.8 Å². The molecule has 78 valence electrons. The van der Waals surface area contributed by atoms with Gasteiger partial charge in [-0.3, -0.25) is 9.69 Å². The van der Waals surface area contributed by atoms with Crippen LogP contribution in [0.15, 0.2) is 0 Å². The van der Waals surface area contributed by atoms with E-state index >= 15 is 0 Å². The van der Waals surface area contributed by atoms with Crippen molar-refractivity contribution in [1.82, 2.24) is 4.90 Å². The summed E-state index contributed by atoms with van der Waals surface area (Å²) in [6.07, 6.45) is 8.68. The molecule has 3 aliphatic rings. The van der Waals surface area contributed by atoms with Crippen LogP contribution in [-0.4, -0.2) is 29.8 Å². The zero-order valence-electron chi connectivity index (χ0n) is 8.80. The summed E-state index contributed by atoms with van der Waals surface area (Å²) in [5, 5.41) is 0. The number of fused-ring (bicyclic) bond motifs is 1. The molecule has 14 heavy (non-hydrogen) atoms.